The maximum absolute atomic E-state index is 12.0. The first-order valence-corrected chi connectivity index (χ1v) is 6.74. The number of rotatable bonds is 4. The summed E-state index contributed by atoms with van der Waals surface area (Å²) in [5.74, 6) is 0.885. The Hall–Kier alpha value is -0.530. The number of carbonyl (C=O) groups excluding carboxylic acids is 1. The van der Waals surface area contributed by atoms with Crippen LogP contribution < -0.4 is 0 Å². The van der Waals surface area contributed by atoms with Gasteiger partial charge in [-0.2, -0.15) is 0 Å². The molecule has 0 aromatic rings. The molecule has 0 radical (unpaired) electrons. The highest BCUT2D eigenvalue weighted by Crippen LogP contribution is 2.40. The van der Waals surface area contributed by atoms with Gasteiger partial charge in [0, 0.05) is 19.0 Å². The Bertz CT molecular complexity index is 251. The zero-order valence-corrected chi connectivity index (χ0v) is 11.5. The van der Waals surface area contributed by atoms with E-state index in [1.807, 2.05) is 0 Å². The maximum Gasteiger partial charge on any atom is 0.223 e. The molecule has 2 heteroatoms. The molecule has 0 saturated carbocycles. The number of carbonyl (C=O) groups is 1. The number of amides is 1. The van der Waals surface area contributed by atoms with Crippen molar-refractivity contribution in [1.82, 2.24) is 4.90 Å². The molecule has 2 unspecified atom stereocenters. The average molecular weight is 225 g/mol. The van der Waals surface area contributed by atoms with Crippen LogP contribution in [0.15, 0.2) is 0 Å². The Balaban J connectivity index is 2.79. The van der Waals surface area contributed by atoms with Crippen LogP contribution in [0.1, 0.15) is 60.3 Å². The zero-order chi connectivity index (χ0) is 12.3. The van der Waals surface area contributed by atoms with Crippen molar-refractivity contribution in [2.75, 3.05) is 6.54 Å². The minimum Gasteiger partial charge on any atom is -0.339 e. The fraction of sp³-hybridized carbons (Fsp3) is 0.929. The monoisotopic (exact) mass is 225 g/mol. The van der Waals surface area contributed by atoms with E-state index in [4.69, 9.17) is 0 Å². The zero-order valence-electron chi connectivity index (χ0n) is 11.5. The molecule has 0 N–H and O–H groups in total. The molecule has 3 atom stereocenters. The number of hydrogen-bond donors (Lipinski definition) is 0. The number of hydrogen-bond acceptors (Lipinski definition) is 1. The molecule has 16 heavy (non-hydrogen) atoms. The van der Waals surface area contributed by atoms with Crippen LogP contribution >= 0.6 is 0 Å². The van der Waals surface area contributed by atoms with Crippen molar-refractivity contribution in [1.29, 1.82) is 0 Å². The van der Waals surface area contributed by atoms with E-state index in [1.165, 1.54) is 12.8 Å². The third-order valence-electron chi connectivity index (χ3n) is 4.47. The van der Waals surface area contributed by atoms with Crippen LogP contribution in [0.3, 0.4) is 0 Å². The molecule has 0 aliphatic carbocycles. The predicted octanol–water partition coefficient (Wildman–Crippen LogP) is 3.46. The minimum atomic E-state index is 0.325. The molecule has 0 aromatic heterocycles. The summed E-state index contributed by atoms with van der Waals surface area (Å²) in [5, 5.41) is 0. The molecule has 1 aliphatic heterocycles. The molecule has 1 aliphatic rings. The van der Waals surface area contributed by atoms with E-state index >= 15 is 0 Å². The normalized spacial score (nSPS) is 32.9. The van der Waals surface area contributed by atoms with Gasteiger partial charge in [0.25, 0.3) is 0 Å². The van der Waals surface area contributed by atoms with Gasteiger partial charge in [0.2, 0.25) is 5.91 Å². The third kappa shape index (κ3) is 2.58. The Morgan fingerprint density at radius 1 is 1.50 bits per heavy atom. The molecule has 1 rings (SSSR count). The lowest BCUT2D eigenvalue weighted by molar-refractivity contribution is -0.143. The van der Waals surface area contributed by atoms with E-state index in [9.17, 15) is 4.79 Å². The van der Waals surface area contributed by atoms with E-state index in [0.717, 1.165) is 19.4 Å². The Labute approximate surface area is 100 Å². The largest absolute Gasteiger partial charge is 0.339 e. The van der Waals surface area contributed by atoms with Gasteiger partial charge in [0.15, 0.2) is 0 Å². The number of nitrogens with zero attached hydrogens (tertiary/aromatic N) is 1. The molecule has 1 saturated heterocycles. The lowest BCUT2D eigenvalue weighted by Crippen LogP contribution is -2.52. The minimum absolute atomic E-state index is 0.325. The summed E-state index contributed by atoms with van der Waals surface area (Å²) >= 11 is 0. The molecule has 1 amide bonds. The highest BCUT2D eigenvalue weighted by atomic mass is 16.2. The highest BCUT2D eigenvalue weighted by Gasteiger charge is 2.40. The summed E-state index contributed by atoms with van der Waals surface area (Å²) in [6.07, 6.45) is 4.24. The van der Waals surface area contributed by atoms with Crippen molar-refractivity contribution in [3.63, 3.8) is 0 Å². The smallest absolute Gasteiger partial charge is 0.223 e. The van der Waals surface area contributed by atoms with Gasteiger partial charge in [-0.3, -0.25) is 4.79 Å². The Morgan fingerprint density at radius 2 is 2.12 bits per heavy atom. The van der Waals surface area contributed by atoms with Crippen molar-refractivity contribution in [3.05, 3.63) is 0 Å². The summed E-state index contributed by atoms with van der Waals surface area (Å²) < 4.78 is 0. The second kappa shape index (κ2) is 5.20. The average Bonchev–Trinajstić information content (AvgIpc) is 2.23. The van der Waals surface area contributed by atoms with Crippen LogP contribution in [0, 0.1) is 11.3 Å². The number of likely N-dealkylation sites (tertiary alicyclic amines) is 1. The van der Waals surface area contributed by atoms with Crippen molar-refractivity contribution in [2.45, 2.75) is 66.3 Å². The molecular formula is C14H27NO. The highest BCUT2D eigenvalue weighted by molar-refractivity contribution is 5.77. The van der Waals surface area contributed by atoms with Crippen molar-refractivity contribution in [2.24, 2.45) is 11.3 Å². The van der Waals surface area contributed by atoms with Gasteiger partial charge in [-0.05, 0) is 31.1 Å². The van der Waals surface area contributed by atoms with Gasteiger partial charge in [-0.25, -0.2) is 0 Å². The first kappa shape index (κ1) is 13.5. The Kier molecular flexibility index (Phi) is 4.40. The van der Waals surface area contributed by atoms with Crippen molar-refractivity contribution < 1.29 is 4.79 Å². The van der Waals surface area contributed by atoms with E-state index < -0.39 is 0 Å². The van der Waals surface area contributed by atoms with Gasteiger partial charge in [0.05, 0.1) is 0 Å². The van der Waals surface area contributed by atoms with Gasteiger partial charge in [-0.1, -0.05) is 34.1 Å². The van der Waals surface area contributed by atoms with Crippen LogP contribution in [0.5, 0.6) is 0 Å². The molecule has 0 aromatic carbocycles. The SMILES string of the molecule is CCC[C@@]1(C)CN(C(C)CC)C(=O)CC1C. The standard InChI is InChI=1S/C14H27NO/c1-6-8-14(5)10-15(12(4)7-2)13(16)9-11(14)3/h11-12H,6-10H2,1-5H3/t11?,12?,14-/m0/s1. The third-order valence-corrected chi connectivity index (χ3v) is 4.47. The first-order valence-electron chi connectivity index (χ1n) is 6.74. The van der Waals surface area contributed by atoms with Crippen LogP contribution in [-0.2, 0) is 4.79 Å². The van der Waals surface area contributed by atoms with Crippen molar-refractivity contribution in [3.8, 4) is 0 Å². The predicted molar refractivity (Wildman–Crippen MR) is 68.3 cm³/mol. The first-order chi connectivity index (χ1) is 7.44. The molecule has 1 heterocycles. The van der Waals surface area contributed by atoms with Crippen LogP contribution in [-0.4, -0.2) is 23.4 Å². The van der Waals surface area contributed by atoms with Crippen molar-refractivity contribution >= 4 is 5.91 Å². The summed E-state index contributed by atoms with van der Waals surface area (Å²) in [6, 6.07) is 0.399. The summed E-state index contributed by atoms with van der Waals surface area (Å²) in [6.45, 7) is 12.1. The van der Waals surface area contributed by atoms with E-state index in [-0.39, 0.29) is 0 Å². The summed E-state index contributed by atoms with van der Waals surface area (Å²) in [4.78, 5) is 14.1. The van der Waals surface area contributed by atoms with E-state index in [2.05, 4.69) is 39.5 Å². The molecule has 2 nitrogen and oxygen atoms in total. The molecule has 94 valence electrons. The van der Waals surface area contributed by atoms with Gasteiger partial charge in [0.1, 0.15) is 0 Å². The van der Waals surface area contributed by atoms with Gasteiger partial charge in [-0.15, -0.1) is 0 Å². The molecule has 0 bridgehead atoms. The quantitative estimate of drug-likeness (QED) is 0.717. The second-order valence-electron chi connectivity index (χ2n) is 5.79. The lowest BCUT2D eigenvalue weighted by Gasteiger charge is -2.47. The molecule has 1 fully saturated rings. The molecular weight excluding hydrogens is 198 g/mol. The number of piperidine rings is 1. The molecule has 0 spiro atoms. The van der Waals surface area contributed by atoms with Gasteiger partial charge >= 0.3 is 0 Å². The lowest BCUT2D eigenvalue weighted by atomic mass is 9.70. The summed E-state index contributed by atoms with van der Waals surface area (Å²) in [7, 11) is 0. The fourth-order valence-electron chi connectivity index (χ4n) is 2.78. The Morgan fingerprint density at radius 3 is 2.62 bits per heavy atom. The van der Waals surface area contributed by atoms with E-state index in [1.54, 1.807) is 0 Å². The maximum atomic E-state index is 12.0. The fourth-order valence-corrected chi connectivity index (χ4v) is 2.78. The van der Waals surface area contributed by atoms with Crippen LogP contribution in [0.2, 0.25) is 0 Å². The van der Waals surface area contributed by atoms with Gasteiger partial charge < -0.3 is 4.90 Å². The summed E-state index contributed by atoms with van der Waals surface area (Å²) in [5.41, 5.74) is 0.325. The topological polar surface area (TPSA) is 20.3 Å². The van der Waals surface area contributed by atoms with E-state index in [0.29, 0.717) is 23.3 Å². The van der Waals surface area contributed by atoms with Crippen LogP contribution in [0.4, 0.5) is 0 Å². The van der Waals surface area contributed by atoms with Crippen LogP contribution in [0.25, 0.3) is 0 Å². The second-order valence-corrected chi connectivity index (χ2v) is 5.79.